The summed E-state index contributed by atoms with van der Waals surface area (Å²) in [5.41, 5.74) is 10.4. The summed E-state index contributed by atoms with van der Waals surface area (Å²) < 4.78 is 5.41. The Kier molecular flexibility index (Phi) is 4.85. The summed E-state index contributed by atoms with van der Waals surface area (Å²) in [6, 6.07) is 0. The summed E-state index contributed by atoms with van der Waals surface area (Å²) >= 11 is 9.55. The second-order valence-corrected chi connectivity index (χ2v) is 3.81. The highest BCUT2D eigenvalue weighted by molar-refractivity contribution is 7.80. The van der Waals surface area contributed by atoms with Gasteiger partial charge in [0.15, 0.2) is 10.2 Å². The van der Waals surface area contributed by atoms with Crippen molar-refractivity contribution in [3.63, 3.8) is 0 Å². The van der Waals surface area contributed by atoms with Crippen LogP contribution in [0.15, 0.2) is 0 Å². The zero-order valence-corrected chi connectivity index (χ0v) is 9.34. The fraction of sp³-hybridized carbons (Fsp3) is 0.714. The third-order valence-electron chi connectivity index (χ3n) is 1.81. The van der Waals surface area contributed by atoms with Crippen LogP contribution in [0.2, 0.25) is 0 Å². The van der Waals surface area contributed by atoms with Crippen LogP contribution in [0.3, 0.4) is 0 Å². The average molecular weight is 234 g/mol. The van der Waals surface area contributed by atoms with E-state index in [2.05, 4.69) is 28.4 Å². The Hall–Kier alpha value is -0.660. The van der Waals surface area contributed by atoms with Gasteiger partial charge in [0.05, 0.1) is 6.10 Å². The Labute approximate surface area is 93.7 Å². The smallest absolute Gasteiger partial charge is 0.185 e. The molecule has 0 bridgehead atoms. The number of thiocarbonyl (C=S) groups is 2. The van der Waals surface area contributed by atoms with Gasteiger partial charge < -0.3 is 15.8 Å². The Morgan fingerprint density at radius 2 is 2.21 bits per heavy atom. The zero-order chi connectivity index (χ0) is 10.4. The van der Waals surface area contributed by atoms with E-state index in [0.29, 0.717) is 11.7 Å². The van der Waals surface area contributed by atoms with Gasteiger partial charge in [0.25, 0.3) is 0 Å². The van der Waals surface area contributed by atoms with Gasteiger partial charge in [-0.05, 0) is 37.3 Å². The number of nitrogens with two attached hydrogens (primary N) is 1. The van der Waals surface area contributed by atoms with E-state index in [1.165, 1.54) is 0 Å². The highest BCUT2D eigenvalue weighted by Gasteiger charge is 2.14. The van der Waals surface area contributed by atoms with Gasteiger partial charge in [0.1, 0.15) is 0 Å². The summed E-state index contributed by atoms with van der Waals surface area (Å²) in [7, 11) is 0. The number of hydrogen-bond donors (Lipinski definition) is 4. The third-order valence-corrected chi connectivity index (χ3v) is 2.16. The van der Waals surface area contributed by atoms with Crippen molar-refractivity contribution >= 4 is 34.7 Å². The molecule has 0 saturated carbocycles. The number of hydrogen-bond acceptors (Lipinski definition) is 3. The van der Waals surface area contributed by atoms with Crippen molar-refractivity contribution in [1.82, 2.24) is 16.2 Å². The molecular weight excluding hydrogens is 220 g/mol. The fourth-order valence-corrected chi connectivity index (χ4v) is 1.36. The molecule has 0 unspecified atom stereocenters. The van der Waals surface area contributed by atoms with Crippen LogP contribution in [0.25, 0.3) is 0 Å². The molecule has 1 aliphatic rings. The van der Waals surface area contributed by atoms with Gasteiger partial charge in [-0.3, -0.25) is 10.9 Å². The van der Waals surface area contributed by atoms with Gasteiger partial charge >= 0.3 is 0 Å². The van der Waals surface area contributed by atoms with E-state index >= 15 is 0 Å². The quantitative estimate of drug-likeness (QED) is 0.375. The molecule has 1 saturated heterocycles. The van der Waals surface area contributed by atoms with E-state index in [1.807, 2.05) is 0 Å². The molecule has 0 spiro atoms. The molecule has 0 aliphatic carbocycles. The highest BCUT2D eigenvalue weighted by atomic mass is 32.1. The molecule has 14 heavy (non-hydrogen) atoms. The number of hydrazine groups is 1. The van der Waals surface area contributed by atoms with Crippen LogP contribution in [0.4, 0.5) is 0 Å². The molecule has 80 valence electrons. The Balaban J connectivity index is 2.05. The highest BCUT2D eigenvalue weighted by Crippen LogP contribution is 2.10. The lowest BCUT2D eigenvalue weighted by atomic mass is 10.2. The molecule has 5 nitrogen and oxygen atoms in total. The van der Waals surface area contributed by atoms with Crippen molar-refractivity contribution in [3.8, 4) is 0 Å². The lowest BCUT2D eigenvalue weighted by molar-refractivity contribution is 0.114. The molecule has 1 atom stereocenters. The number of ether oxygens (including phenoxy) is 1. The Morgan fingerprint density at radius 3 is 2.79 bits per heavy atom. The summed E-state index contributed by atoms with van der Waals surface area (Å²) in [5.74, 6) is 0. The van der Waals surface area contributed by atoms with Crippen LogP contribution in [0, 0.1) is 0 Å². The minimum atomic E-state index is 0.159. The lowest BCUT2D eigenvalue weighted by Gasteiger charge is -2.14. The molecular formula is C7H14N4OS2. The minimum absolute atomic E-state index is 0.159. The summed E-state index contributed by atoms with van der Waals surface area (Å²) in [6.07, 6.45) is 2.47. The minimum Gasteiger partial charge on any atom is -0.376 e. The van der Waals surface area contributed by atoms with E-state index in [0.717, 1.165) is 19.4 Å². The molecule has 0 aromatic rings. The zero-order valence-electron chi connectivity index (χ0n) is 7.71. The first kappa shape index (κ1) is 11.4. The van der Waals surface area contributed by atoms with Crippen molar-refractivity contribution < 1.29 is 4.74 Å². The molecule has 0 aromatic carbocycles. The number of nitrogens with one attached hydrogen (secondary N) is 3. The number of rotatable bonds is 2. The van der Waals surface area contributed by atoms with E-state index in [-0.39, 0.29) is 11.2 Å². The van der Waals surface area contributed by atoms with Crippen LogP contribution in [0.5, 0.6) is 0 Å². The lowest BCUT2D eigenvalue weighted by Crippen LogP contribution is -2.49. The third kappa shape index (κ3) is 4.54. The predicted molar refractivity (Wildman–Crippen MR) is 62.6 cm³/mol. The Morgan fingerprint density at radius 1 is 1.43 bits per heavy atom. The van der Waals surface area contributed by atoms with Gasteiger partial charge in [-0.15, -0.1) is 0 Å². The van der Waals surface area contributed by atoms with Crippen molar-refractivity contribution in [2.75, 3.05) is 13.2 Å². The normalized spacial score (nSPS) is 20.1. The van der Waals surface area contributed by atoms with Crippen molar-refractivity contribution in [2.24, 2.45) is 5.73 Å². The first-order valence-electron chi connectivity index (χ1n) is 4.39. The molecule has 1 rings (SSSR count). The largest absolute Gasteiger partial charge is 0.376 e. The van der Waals surface area contributed by atoms with Crippen LogP contribution in [0.1, 0.15) is 12.8 Å². The second-order valence-electron chi connectivity index (χ2n) is 2.96. The Bertz CT molecular complexity index is 218. The van der Waals surface area contributed by atoms with Crippen molar-refractivity contribution in [2.45, 2.75) is 18.9 Å². The van der Waals surface area contributed by atoms with E-state index in [4.69, 9.17) is 22.7 Å². The SMILES string of the molecule is NC(=S)NNC(=S)NC[C@H]1CCCO1. The first-order chi connectivity index (χ1) is 6.68. The monoisotopic (exact) mass is 234 g/mol. The average Bonchev–Trinajstić information content (AvgIpc) is 2.63. The van der Waals surface area contributed by atoms with Crippen molar-refractivity contribution in [1.29, 1.82) is 0 Å². The predicted octanol–water partition coefficient (Wildman–Crippen LogP) is -0.622. The van der Waals surface area contributed by atoms with E-state index < -0.39 is 0 Å². The summed E-state index contributed by atoms with van der Waals surface area (Å²) in [5, 5.41) is 3.62. The van der Waals surface area contributed by atoms with Gasteiger partial charge in [0, 0.05) is 13.2 Å². The second kappa shape index (κ2) is 5.94. The topological polar surface area (TPSA) is 71.3 Å². The first-order valence-corrected chi connectivity index (χ1v) is 5.21. The summed E-state index contributed by atoms with van der Waals surface area (Å²) in [4.78, 5) is 0. The van der Waals surface area contributed by atoms with E-state index in [9.17, 15) is 0 Å². The molecule has 5 N–H and O–H groups in total. The van der Waals surface area contributed by atoms with Gasteiger partial charge in [-0.1, -0.05) is 0 Å². The standard InChI is InChI=1S/C7H14N4OS2/c8-6(13)10-11-7(14)9-4-5-2-1-3-12-5/h5H,1-4H2,(H3,8,10,13)(H2,9,11,14)/t5-/m1/s1. The molecule has 0 radical (unpaired) electrons. The maximum Gasteiger partial charge on any atom is 0.185 e. The van der Waals surface area contributed by atoms with Crippen molar-refractivity contribution in [3.05, 3.63) is 0 Å². The maximum absolute atomic E-state index is 5.41. The van der Waals surface area contributed by atoms with Gasteiger partial charge in [-0.2, -0.15) is 0 Å². The molecule has 1 heterocycles. The molecule has 7 heteroatoms. The van der Waals surface area contributed by atoms with Crippen LogP contribution >= 0.6 is 24.4 Å². The molecule has 1 aliphatic heterocycles. The van der Waals surface area contributed by atoms with Crippen LogP contribution in [-0.4, -0.2) is 29.5 Å². The van der Waals surface area contributed by atoms with Gasteiger partial charge in [0.2, 0.25) is 0 Å². The van der Waals surface area contributed by atoms with E-state index in [1.54, 1.807) is 0 Å². The fourth-order valence-electron chi connectivity index (χ4n) is 1.17. The van der Waals surface area contributed by atoms with Crippen LogP contribution < -0.4 is 21.9 Å². The van der Waals surface area contributed by atoms with Crippen LogP contribution in [-0.2, 0) is 4.74 Å². The maximum atomic E-state index is 5.41. The molecule has 0 amide bonds. The summed E-state index contributed by atoms with van der Waals surface area (Å²) in [6.45, 7) is 1.56. The molecule has 1 fully saturated rings. The van der Waals surface area contributed by atoms with Gasteiger partial charge in [-0.25, -0.2) is 0 Å². The molecule has 0 aromatic heterocycles.